The second kappa shape index (κ2) is 49.2. The van der Waals surface area contributed by atoms with E-state index >= 15 is 0 Å². The highest BCUT2D eigenvalue weighted by Crippen LogP contribution is 2.13. The minimum Gasteiger partial charge on any atom is -0.462 e. The second-order valence-electron chi connectivity index (χ2n) is 16.4. The van der Waals surface area contributed by atoms with Gasteiger partial charge in [0.1, 0.15) is 13.2 Å². The molecule has 0 aromatic carbocycles. The Morgan fingerprint density at radius 2 is 0.607 bits per heavy atom. The van der Waals surface area contributed by atoms with Gasteiger partial charge in [-0.05, 0) is 109 Å². The van der Waals surface area contributed by atoms with E-state index in [1.54, 1.807) is 0 Å². The van der Waals surface area contributed by atoms with Crippen molar-refractivity contribution in [2.45, 2.75) is 232 Å². The normalized spacial score (nSPS) is 12.8. The maximum atomic E-state index is 12.8. The van der Waals surface area contributed by atoms with Crippen LogP contribution in [0.1, 0.15) is 226 Å². The fourth-order valence-electron chi connectivity index (χ4n) is 6.53. The van der Waals surface area contributed by atoms with E-state index in [2.05, 4.69) is 106 Å². The number of rotatable bonds is 44. The monoisotopic (exact) mass is 849 g/mol. The van der Waals surface area contributed by atoms with Crippen LogP contribution >= 0.6 is 0 Å². The summed E-state index contributed by atoms with van der Waals surface area (Å²) < 4.78 is 16.7. The summed E-state index contributed by atoms with van der Waals surface area (Å²) >= 11 is 0. The molecule has 0 bridgehead atoms. The molecule has 6 heteroatoms. The topological polar surface area (TPSA) is 78.9 Å². The third-order valence-corrected chi connectivity index (χ3v) is 10.3. The Kier molecular flexibility index (Phi) is 46.5. The highest BCUT2D eigenvalue weighted by molar-refractivity contribution is 5.71. The molecule has 348 valence electrons. The van der Waals surface area contributed by atoms with E-state index in [9.17, 15) is 14.4 Å². The van der Waals surface area contributed by atoms with Crippen molar-refractivity contribution >= 4 is 17.9 Å². The van der Waals surface area contributed by atoms with Gasteiger partial charge in [0.15, 0.2) is 6.10 Å². The maximum Gasteiger partial charge on any atom is 0.306 e. The molecular weight excluding hydrogens is 757 g/mol. The lowest BCUT2D eigenvalue weighted by Crippen LogP contribution is -2.30. The zero-order valence-corrected chi connectivity index (χ0v) is 39.7. The molecule has 0 amide bonds. The van der Waals surface area contributed by atoms with E-state index < -0.39 is 6.10 Å². The first kappa shape index (κ1) is 57.6. The lowest BCUT2D eigenvalue weighted by Gasteiger charge is -2.18. The molecule has 0 rings (SSSR count). The summed E-state index contributed by atoms with van der Waals surface area (Å²) in [7, 11) is 0. The molecular formula is C55H92O6. The molecule has 0 aromatic heterocycles. The van der Waals surface area contributed by atoms with Gasteiger partial charge >= 0.3 is 17.9 Å². The maximum absolute atomic E-state index is 12.8. The third-order valence-electron chi connectivity index (χ3n) is 10.3. The first-order valence-corrected chi connectivity index (χ1v) is 25.1. The van der Waals surface area contributed by atoms with E-state index in [0.29, 0.717) is 25.7 Å². The van der Waals surface area contributed by atoms with Gasteiger partial charge in [0.25, 0.3) is 0 Å². The standard InChI is InChI=1S/C55H92O6/c1-4-7-10-13-16-19-21-23-25-27-29-31-33-36-39-42-45-48-54(57)60-51-52(50-59-53(56)47-44-41-38-35-18-15-12-9-6-3)61-55(58)49-46-43-40-37-34-32-30-28-26-24-22-20-17-14-11-8-5-2/h16-17,19-20,23-26,29,31,35-36,38-39,52H,4-15,18,21-22,27-28,30,32-34,37,40-51H2,1-3H3/b19-16-,20-17-,25-23-,26-24-,31-29-,38-35-,39-36-. The van der Waals surface area contributed by atoms with Crippen LogP contribution in [-0.4, -0.2) is 37.2 Å². The number of hydrogen-bond acceptors (Lipinski definition) is 6. The minimum atomic E-state index is -0.812. The van der Waals surface area contributed by atoms with Gasteiger partial charge in [0, 0.05) is 19.3 Å². The van der Waals surface area contributed by atoms with Crippen LogP contribution in [0.4, 0.5) is 0 Å². The van der Waals surface area contributed by atoms with Crippen molar-refractivity contribution in [3.63, 3.8) is 0 Å². The van der Waals surface area contributed by atoms with Crippen LogP contribution < -0.4 is 0 Å². The summed E-state index contributed by atoms with van der Waals surface area (Å²) in [5, 5.41) is 0. The van der Waals surface area contributed by atoms with Gasteiger partial charge in [-0.1, -0.05) is 183 Å². The number of esters is 3. The zero-order chi connectivity index (χ0) is 44.4. The van der Waals surface area contributed by atoms with Crippen LogP contribution in [0.25, 0.3) is 0 Å². The summed E-state index contributed by atoms with van der Waals surface area (Å²) in [6.07, 6.45) is 62.9. The summed E-state index contributed by atoms with van der Waals surface area (Å²) in [5.74, 6) is -1.01. The van der Waals surface area contributed by atoms with Gasteiger partial charge < -0.3 is 14.2 Å². The molecule has 0 heterocycles. The number of hydrogen-bond donors (Lipinski definition) is 0. The summed E-state index contributed by atoms with van der Waals surface area (Å²) in [6.45, 7) is 6.46. The molecule has 0 saturated heterocycles. The van der Waals surface area contributed by atoms with Crippen LogP contribution in [-0.2, 0) is 28.6 Å². The molecule has 61 heavy (non-hydrogen) atoms. The molecule has 0 aliphatic heterocycles. The van der Waals surface area contributed by atoms with Crippen molar-refractivity contribution in [3.05, 3.63) is 85.1 Å². The molecule has 0 saturated carbocycles. The Morgan fingerprint density at radius 3 is 1.02 bits per heavy atom. The van der Waals surface area contributed by atoms with Crippen molar-refractivity contribution in [2.24, 2.45) is 0 Å². The van der Waals surface area contributed by atoms with Crippen molar-refractivity contribution in [2.75, 3.05) is 13.2 Å². The molecule has 0 spiro atoms. The number of ether oxygens (including phenoxy) is 3. The molecule has 0 aromatic rings. The predicted octanol–water partition coefficient (Wildman–Crippen LogP) is 16.4. The molecule has 6 nitrogen and oxygen atoms in total. The first-order chi connectivity index (χ1) is 30.0. The summed E-state index contributed by atoms with van der Waals surface area (Å²) in [6, 6.07) is 0. The van der Waals surface area contributed by atoms with Gasteiger partial charge in [-0.25, -0.2) is 0 Å². The Hall–Kier alpha value is -3.41. The fraction of sp³-hybridized carbons (Fsp3) is 0.691. The Morgan fingerprint density at radius 1 is 0.328 bits per heavy atom. The molecule has 0 N–H and O–H groups in total. The van der Waals surface area contributed by atoms with E-state index in [4.69, 9.17) is 14.2 Å². The molecule has 1 atom stereocenters. The number of allylic oxidation sites excluding steroid dienone is 14. The van der Waals surface area contributed by atoms with Crippen molar-refractivity contribution < 1.29 is 28.6 Å². The number of unbranched alkanes of at least 4 members (excludes halogenated alkanes) is 19. The number of carbonyl (C=O) groups is 3. The lowest BCUT2D eigenvalue weighted by atomic mass is 10.1. The van der Waals surface area contributed by atoms with Crippen LogP contribution in [0, 0.1) is 0 Å². The lowest BCUT2D eigenvalue weighted by molar-refractivity contribution is -0.167. The molecule has 0 aliphatic carbocycles. The van der Waals surface area contributed by atoms with Gasteiger partial charge in [-0.3, -0.25) is 14.4 Å². The van der Waals surface area contributed by atoms with Crippen molar-refractivity contribution in [1.29, 1.82) is 0 Å². The highest BCUT2D eigenvalue weighted by atomic mass is 16.6. The SMILES string of the molecule is CCCCC/C=C\C/C=C\C/C=C\C/C=C\CCCC(=O)OCC(COC(=O)CCC/C=C\CCCCCC)OC(=O)CCCCCCCCC/C=C\C/C=C\CCCCC. The van der Waals surface area contributed by atoms with E-state index in [1.807, 2.05) is 0 Å². The second-order valence-corrected chi connectivity index (χ2v) is 16.4. The molecule has 0 fully saturated rings. The first-order valence-electron chi connectivity index (χ1n) is 25.1. The fourth-order valence-corrected chi connectivity index (χ4v) is 6.53. The quantitative estimate of drug-likeness (QED) is 0.0263. The average Bonchev–Trinajstić information content (AvgIpc) is 3.26. The predicted molar refractivity (Wildman–Crippen MR) is 261 cm³/mol. The minimum absolute atomic E-state index is 0.113. The summed E-state index contributed by atoms with van der Waals surface area (Å²) in [5.41, 5.74) is 0. The van der Waals surface area contributed by atoms with E-state index in [-0.39, 0.29) is 37.5 Å². The van der Waals surface area contributed by atoms with Gasteiger partial charge in [0.2, 0.25) is 0 Å². The zero-order valence-electron chi connectivity index (χ0n) is 39.7. The number of carbonyl (C=O) groups excluding carboxylic acids is 3. The average molecular weight is 849 g/mol. The van der Waals surface area contributed by atoms with Crippen molar-refractivity contribution in [1.82, 2.24) is 0 Å². The van der Waals surface area contributed by atoms with Gasteiger partial charge in [-0.15, -0.1) is 0 Å². The third kappa shape index (κ3) is 47.5. The molecule has 0 aliphatic rings. The van der Waals surface area contributed by atoms with E-state index in [1.165, 1.54) is 103 Å². The Balaban J connectivity index is 4.46. The Labute approximate surface area is 375 Å². The van der Waals surface area contributed by atoms with Crippen LogP contribution in [0.2, 0.25) is 0 Å². The summed E-state index contributed by atoms with van der Waals surface area (Å²) in [4.78, 5) is 37.8. The van der Waals surface area contributed by atoms with Gasteiger partial charge in [0.05, 0.1) is 0 Å². The largest absolute Gasteiger partial charge is 0.462 e. The van der Waals surface area contributed by atoms with Gasteiger partial charge in [-0.2, -0.15) is 0 Å². The Bertz CT molecular complexity index is 1200. The smallest absolute Gasteiger partial charge is 0.306 e. The van der Waals surface area contributed by atoms with Crippen LogP contribution in [0.5, 0.6) is 0 Å². The highest BCUT2D eigenvalue weighted by Gasteiger charge is 2.19. The van der Waals surface area contributed by atoms with Crippen LogP contribution in [0.15, 0.2) is 85.1 Å². The molecule has 1 unspecified atom stereocenters. The van der Waals surface area contributed by atoms with Crippen molar-refractivity contribution in [3.8, 4) is 0 Å². The van der Waals surface area contributed by atoms with Crippen LogP contribution in [0.3, 0.4) is 0 Å². The molecule has 0 radical (unpaired) electrons. The van der Waals surface area contributed by atoms with E-state index in [0.717, 1.165) is 70.6 Å².